The van der Waals surface area contributed by atoms with Gasteiger partial charge in [0.05, 0.1) is 5.56 Å². The van der Waals surface area contributed by atoms with Crippen LogP contribution in [-0.2, 0) is 0 Å². The second kappa shape index (κ2) is 5.40. The molecule has 0 amide bonds. The van der Waals surface area contributed by atoms with Gasteiger partial charge >= 0.3 is 5.97 Å². The van der Waals surface area contributed by atoms with Gasteiger partial charge in [0, 0.05) is 17.8 Å². The Morgan fingerprint density at radius 1 is 1.39 bits per heavy atom. The third kappa shape index (κ3) is 2.82. The summed E-state index contributed by atoms with van der Waals surface area (Å²) in [6.07, 6.45) is 4.55. The highest BCUT2D eigenvalue weighted by Crippen LogP contribution is 2.22. The van der Waals surface area contributed by atoms with Crippen LogP contribution in [0.3, 0.4) is 0 Å². The van der Waals surface area contributed by atoms with Crippen LogP contribution in [0.1, 0.15) is 41.6 Å². The summed E-state index contributed by atoms with van der Waals surface area (Å²) in [4.78, 5) is 10.9. The van der Waals surface area contributed by atoms with E-state index in [1.165, 1.54) is 12.8 Å². The normalized spacial score (nSPS) is 23.7. The minimum absolute atomic E-state index is 0.193. The van der Waals surface area contributed by atoms with Crippen LogP contribution < -0.4 is 11.1 Å². The van der Waals surface area contributed by atoms with E-state index in [1.807, 2.05) is 19.1 Å². The fourth-order valence-corrected chi connectivity index (χ4v) is 2.55. The van der Waals surface area contributed by atoms with Gasteiger partial charge in [0.15, 0.2) is 0 Å². The molecule has 0 radical (unpaired) electrons. The van der Waals surface area contributed by atoms with Gasteiger partial charge in [0.25, 0.3) is 0 Å². The van der Waals surface area contributed by atoms with Crippen LogP contribution in [-0.4, -0.2) is 23.2 Å². The Balaban J connectivity index is 2.10. The van der Waals surface area contributed by atoms with E-state index < -0.39 is 5.97 Å². The molecular weight excluding hydrogens is 228 g/mol. The molecule has 1 fully saturated rings. The highest BCUT2D eigenvalue weighted by molar-refractivity contribution is 5.89. The molecule has 98 valence electrons. The first-order chi connectivity index (χ1) is 8.58. The molecule has 0 aromatic heterocycles. The predicted octanol–water partition coefficient (Wildman–Crippen LogP) is 2.38. The molecule has 4 nitrogen and oxygen atoms in total. The Kier molecular flexibility index (Phi) is 3.87. The molecule has 0 saturated heterocycles. The van der Waals surface area contributed by atoms with Crippen molar-refractivity contribution in [1.29, 1.82) is 0 Å². The average Bonchev–Trinajstić information content (AvgIpc) is 2.32. The minimum Gasteiger partial charge on any atom is -0.478 e. The zero-order chi connectivity index (χ0) is 13.1. The summed E-state index contributed by atoms with van der Waals surface area (Å²) in [6.45, 7) is 1.81. The second-order valence-corrected chi connectivity index (χ2v) is 5.03. The van der Waals surface area contributed by atoms with Crippen molar-refractivity contribution in [3.63, 3.8) is 0 Å². The van der Waals surface area contributed by atoms with Gasteiger partial charge in [-0.15, -0.1) is 0 Å². The number of carbonyl (C=O) groups is 1. The van der Waals surface area contributed by atoms with Gasteiger partial charge in [0.2, 0.25) is 0 Å². The van der Waals surface area contributed by atoms with Crippen molar-refractivity contribution >= 4 is 11.7 Å². The van der Waals surface area contributed by atoms with E-state index in [0.29, 0.717) is 11.6 Å². The van der Waals surface area contributed by atoms with Crippen LogP contribution in [0.4, 0.5) is 5.69 Å². The van der Waals surface area contributed by atoms with E-state index in [2.05, 4.69) is 5.32 Å². The molecule has 0 spiro atoms. The second-order valence-electron chi connectivity index (χ2n) is 5.03. The quantitative estimate of drug-likeness (QED) is 0.767. The Hall–Kier alpha value is -1.55. The third-order valence-electron chi connectivity index (χ3n) is 3.63. The molecule has 0 aliphatic heterocycles. The molecule has 1 saturated carbocycles. The third-order valence-corrected chi connectivity index (χ3v) is 3.63. The summed E-state index contributed by atoms with van der Waals surface area (Å²) in [6, 6.07) is 5.84. The number of carboxylic acid groups (broad SMARTS) is 1. The fourth-order valence-electron chi connectivity index (χ4n) is 2.55. The van der Waals surface area contributed by atoms with E-state index in [4.69, 9.17) is 10.8 Å². The largest absolute Gasteiger partial charge is 0.478 e. The first-order valence-corrected chi connectivity index (χ1v) is 6.44. The van der Waals surface area contributed by atoms with Gasteiger partial charge < -0.3 is 16.2 Å². The SMILES string of the molecule is Cc1cc(NC2CCCCC2N)ccc1C(=O)O. The number of nitrogens with one attached hydrogen (secondary N) is 1. The predicted molar refractivity (Wildman–Crippen MR) is 72.0 cm³/mol. The maximum atomic E-state index is 10.9. The van der Waals surface area contributed by atoms with Crippen LogP contribution in [0.25, 0.3) is 0 Å². The molecular formula is C14H20N2O2. The van der Waals surface area contributed by atoms with Gasteiger partial charge in [-0.1, -0.05) is 12.8 Å². The number of aromatic carboxylic acids is 1. The van der Waals surface area contributed by atoms with E-state index >= 15 is 0 Å². The molecule has 4 heteroatoms. The molecule has 1 aromatic carbocycles. The zero-order valence-electron chi connectivity index (χ0n) is 10.6. The number of anilines is 1. The minimum atomic E-state index is -0.881. The molecule has 1 aliphatic carbocycles. The van der Waals surface area contributed by atoms with Crippen LogP contribution >= 0.6 is 0 Å². The Labute approximate surface area is 107 Å². The molecule has 1 aliphatic rings. The maximum Gasteiger partial charge on any atom is 0.335 e. The summed E-state index contributed by atoms with van der Waals surface area (Å²) in [5.74, 6) is -0.881. The lowest BCUT2D eigenvalue weighted by atomic mass is 9.91. The number of rotatable bonds is 3. The van der Waals surface area contributed by atoms with Crippen LogP contribution in [0.5, 0.6) is 0 Å². The first kappa shape index (κ1) is 12.9. The van der Waals surface area contributed by atoms with E-state index in [-0.39, 0.29) is 6.04 Å². The van der Waals surface area contributed by atoms with Crippen molar-refractivity contribution < 1.29 is 9.90 Å². The summed E-state index contributed by atoms with van der Waals surface area (Å²) in [7, 11) is 0. The molecule has 2 rings (SSSR count). The van der Waals surface area contributed by atoms with E-state index in [9.17, 15) is 4.79 Å². The van der Waals surface area contributed by atoms with Gasteiger partial charge in [0.1, 0.15) is 0 Å². The molecule has 2 unspecified atom stereocenters. The summed E-state index contributed by atoms with van der Waals surface area (Å²) in [5, 5.41) is 12.4. The molecule has 0 heterocycles. The lowest BCUT2D eigenvalue weighted by Crippen LogP contribution is -2.42. The highest BCUT2D eigenvalue weighted by atomic mass is 16.4. The monoisotopic (exact) mass is 248 g/mol. The lowest BCUT2D eigenvalue weighted by Gasteiger charge is -2.30. The van der Waals surface area contributed by atoms with E-state index in [0.717, 1.165) is 24.1 Å². The van der Waals surface area contributed by atoms with Crippen LogP contribution in [0, 0.1) is 6.92 Å². The van der Waals surface area contributed by atoms with Gasteiger partial charge in [-0.3, -0.25) is 0 Å². The molecule has 18 heavy (non-hydrogen) atoms. The molecule has 0 bridgehead atoms. The van der Waals surface area contributed by atoms with Gasteiger partial charge in [-0.2, -0.15) is 0 Å². The van der Waals surface area contributed by atoms with Crippen molar-refractivity contribution in [3.8, 4) is 0 Å². The lowest BCUT2D eigenvalue weighted by molar-refractivity contribution is 0.0696. The van der Waals surface area contributed by atoms with E-state index in [1.54, 1.807) is 6.07 Å². The van der Waals surface area contributed by atoms with Crippen molar-refractivity contribution in [2.24, 2.45) is 5.73 Å². The summed E-state index contributed by atoms with van der Waals surface area (Å²) < 4.78 is 0. The Bertz CT molecular complexity index is 445. The van der Waals surface area contributed by atoms with Crippen molar-refractivity contribution in [2.75, 3.05) is 5.32 Å². The van der Waals surface area contributed by atoms with Crippen LogP contribution in [0.15, 0.2) is 18.2 Å². The summed E-state index contributed by atoms with van der Waals surface area (Å²) >= 11 is 0. The first-order valence-electron chi connectivity index (χ1n) is 6.44. The van der Waals surface area contributed by atoms with Crippen molar-refractivity contribution in [1.82, 2.24) is 0 Å². The van der Waals surface area contributed by atoms with Crippen molar-refractivity contribution in [2.45, 2.75) is 44.7 Å². The van der Waals surface area contributed by atoms with Gasteiger partial charge in [-0.25, -0.2) is 4.79 Å². The van der Waals surface area contributed by atoms with Gasteiger partial charge in [-0.05, 0) is 43.5 Å². The number of benzene rings is 1. The zero-order valence-corrected chi connectivity index (χ0v) is 10.6. The number of nitrogens with two attached hydrogens (primary N) is 1. The smallest absolute Gasteiger partial charge is 0.335 e. The number of hydrogen-bond acceptors (Lipinski definition) is 3. The molecule has 2 atom stereocenters. The average molecular weight is 248 g/mol. The Morgan fingerprint density at radius 2 is 2.11 bits per heavy atom. The number of carboxylic acids is 1. The number of aryl methyl sites for hydroxylation is 1. The summed E-state index contributed by atoms with van der Waals surface area (Å²) in [5.41, 5.74) is 8.17. The van der Waals surface area contributed by atoms with Crippen LogP contribution in [0.2, 0.25) is 0 Å². The highest BCUT2D eigenvalue weighted by Gasteiger charge is 2.21. The standard InChI is InChI=1S/C14H20N2O2/c1-9-8-10(6-7-11(9)14(17)18)16-13-5-3-2-4-12(13)15/h6-8,12-13,16H,2-5,15H2,1H3,(H,17,18). The number of hydrogen-bond donors (Lipinski definition) is 3. The molecule has 1 aromatic rings. The van der Waals surface area contributed by atoms with Crippen molar-refractivity contribution in [3.05, 3.63) is 29.3 Å². The maximum absolute atomic E-state index is 10.9. The molecule has 4 N–H and O–H groups in total. The fraction of sp³-hybridized carbons (Fsp3) is 0.500. The Morgan fingerprint density at radius 3 is 2.72 bits per heavy atom. The topological polar surface area (TPSA) is 75.3 Å².